The topological polar surface area (TPSA) is 41.1 Å². The minimum absolute atomic E-state index is 0.00328. The average molecular weight is 323 g/mol. The van der Waals surface area contributed by atoms with Crippen LogP contribution in [0, 0.1) is 5.92 Å². The molecule has 2 aromatic rings. The van der Waals surface area contributed by atoms with Gasteiger partial charge in [-0.15, -0.1) is 0 Å². The molecular formula is C16H16Cl2N2O. The van der Waals surface area contributed by atoms with Gasteiger partial charge in [0, 0.05) is 22.3 Å². The number of benzene rings is 2. The summed E-state index contributed by atoms with van der Waals surface area (Å²) in [7, 11) is 0. The Morgan fingerprint density at radius 3 is 2.19 bits per heavy atom. The second-order valence-electron chi connectivity index (χ2n) is 4.97. The summed E-state index contributed by atoms with van der Waals surface area (Å²) in [5.74, 6) is -0.0490. The highest BCUT2D eigenvalue weighted by Gasteiger charge is 2.07. The lowest BCUT2D eigenvalue weighted by Crippen LogP contribution is -2.17. The predicted octanol–water partition coefficient (Wildman–Crippen LogP) is 5.33. The smallest absolute Gasteiger partial charge is 0.226 e. The third-order valence-electron chi connectivity index (χ3n) is 2.89. The van der Waals surface area contributed by atoms with Gasteiger partial charge < -0.3 is 10.6 Å². The molecule has 0 aliphatic heterocycles. The fourth-order valence-electron chi connectivity index (χ4n) is 1.67. The lowest BCUT2D eigenvalue weighted by molar-refractivity contribution is -0.118. The van der Waals surface area contributed by atoms with E-state index in [-0.39, 0.29) is 11.8 Å². The highest BCUT2D eigenvalue weighted by Crippen LogP contribution is 2.28. The fraction of sp³-hybridized carbons (Fsp3) is 0.188. The number of hydrogen-bond acceptors (Lipinski definition) is 2. The largest absolute Gasteiger partial charge is 0.354 e. The van der Waals surface area contributed by atoms with Crippen LogP contribution in [-0.4, -0.2) is 5.91 Å². The maximum Gasteiger partial charge on any atom is 0.226 e. The van der Waals surface area contributed by atoms with Crippen LogP contribution >= 0.6 is 23.2 Å². The van der Waals surface area contributed by atoms with Crippen LogP contribution in [0.3, 0.4) is 0 Å². The molecule has 0 spiro atoms. The molecule has 21 heavy (non-hydrogen) atoms. The number of carbonyl (C=O) groups excluding carboxylic acids is 1. The van der Waals surface area contributed by atoms with Crippen molar-refractivity contribution in [2.24, 2.45) is 5.92 Å². The molecule has 0 atom stereocenters. The van der Waals surface area contributed by atoms with Crippen LogP contribution in [-0.2, 0) is 4.79 Å². The molecular weight excluding hydrogens is 307 g/mol. The van der Waals surface area contributed by atoms with Crippen molar-refractivity contribution in [3.63, 3.8) is 0 Å². The maximum absolute atomic E-state index is 11.6. The Morgan fingerprint density at radius 1 is 1.00 bits per heavy atom. The molecule has 0 unspecified atom stereocenters. The molecule has 0 fully saturated rings. The first kappa shape index (κ1) is 15.7. The first-order valence-corrected chi connectivity index (χ1v) is 7.34. The second kappa shape index (κ2) is 6.83. The van der Waals surface area contributed by atoms with E-state index in [1.54, 1.807) is 12.1 Å². The molecule has 0 aliphatic carbocycles. The molecule has 2 rings (SSSR count). The van der Waals surface area contributed by atoms with Gasteiger partial charge in [-0.3, -0.25) is 4.79 Å². The van der Waals surface area contributed by atoms with Crippen molar-refractivity contribution >= 4 is 46.2 Å². The lowest BCUT2D eigenvalue weighted by Gasteiger charge is -2.11. The third kappa shape index (κ3) is 4.38. The number of halogens is 2. The number of rotatable bonds is 4. The lowest BCUT2D eigenvalue weighted by atomic mass is 10.2. The van der Waals surface area contributed by atoms with E-state index in [0.717, 1.165) is 17.1 Å². The van der Waals surface area contributed by atoms with E-state index < -0.39 is 0 Å². The minimum atomic E-state index is -0.0457. The normalized spacial score (nSPS) is 10.5. The summed E-state index contributed by atoms with van der Waals surface area (Å²) in [4.78, 5) is 11.6. The van der Waals surface area contributed by atoms with Gasteiger partial charge in [-0.05, 0) is 42.5 Å². The van der Waals surface area contributed by atoms with Gasteiger partial charge in [-0.25, -0.2) is 0 Å². The molecule has 0 heterocycles. The molecule has 0 aliphatic rings. The number of nitrogens with one attached hydrogen (secondary N) is 2. The third-order valence-corrected chi connectivity index (χ3v) is 3.43. The molecule has 3 nitrogen and oxygen atoms in total. The Hall–Kier alpha value is -1.71. The van der Waals surface area contributed by atoms with Gasteiger partial charge in [0.2, 0.25) is 5.91 Å². The van der Waals surface area contributed by atoms with Crippen molar-refractivity contribution in [1.82, 2.24) is 0 Å². The van der Waals surface area contributed by atoms with E-state index in [2.05, 4.69) is 10.6 Å². The summed E-state index contributed by atoms with van der Waals surface area (Å²) >= 11 is 12.0. The van der Waals surface area contributed by atoms with Crippen LogP contribution in [0.4, 0.5) is 17.1 Å². The van der Waals surface area contributed by atoms with Crippen LogP contribution < -0.4 is 10.6 Å². The summed E-state index contributed by atoms with van der Waals surface area (Å²) in [6.45, 7) is 3.71. The SMILES string of the molecule is CC(C)C(=O)Nc1ccc(Nc2ccc(Cl)cc2Cl)cc1. The van der Waals surface area contributed by atoms with Crippen molar-refractivity contribution in [2.45, 2.75) is 13.8 Å². The molecule has 1 amide bonds. The standard InChI is InChI=1S/C16H16Cl2N2O/c1-10(2)16(21)20-13-6-4-12(5-7-13)19-15-8-3-11(17)9-14(15)18/h3-10,19H,1-2H3,(H,20,21). The molecule has 2 N–H and O–H groups in total. The van der Waals surface area contributed by atoms with E-state index in [1.165, 1.54) is 0 Å². The highest BCUT2D eigenvalue weighted by molar-refractivity contribution is 6.36. The van der Waals surface area contributed by atoms with Crippen LogP contribution in [0.2, 0.25) is 10.0 Å². The van der Waals surface area contributed by atoms with Gasteiger partial charge in [-0.2, -0.15) is 0 Å². The van der Waals surface area contributed by atoms with Crippen molar-refractivity contribution in [1.29, 1.82) is 0 Å². The molecule has 0 saturated heterocycles. The van der Waals surface area contributed by atoms with E-state index in [0.29, 0.717) is 10.0 Å². The van der Waals surface area contributed by atoms with Crippen molar-refractivity contribution in [3.05, 3.63) is 52.5 Å². The maximum atomic E-state index is 11.6. The van der Waals surface area contributed by atoms with Gasteiger partial charge in [0.25, 0.3) is 0 Å². The Labute approximate surface area is 134 Å². The quantitative estimate of drug-likeness (QED) is 0.798. The van der Waals surface area contributed by atoms with Gasteiger partial charge in [0.05, 0.1) is 10.7 Å². The van der Waals surface area contributed by atoms with Crippen LogP contribution in [0.15, 0.2) is 42.5 Å². The van der Waals surface area contributed by atoms with Crippen LogP contribution in [0.1, 0.15) is 13.8 Å². The zero-order chi connectivity index (χ0) is 15.4. The molecule has 2 aromatic carbocycles. The summed E-state index contributed by atoms with van der Waals surface area (Å²) in [5.41, 5.74) is 2.42. The van der Waals surface area contributed by atoms with Crippen molar-refractivity contribution < 1.29 is 4.79 Å². The van der Waals surface area contributed by atoms with Crippen LogP contribution in [0.25, 0.3) is 0 Å². The fourth-order valence-corrected chi connectivity index (χ4v) is 2.13. The average Bonchev–Trinajstić information content (AvgIpc) is 2.43. The Morgan fingerprint density at radius 2 is 1.62 bits per heavy atom. The zero-order valence-corrected chi connectivity index (χ0v) is 13.3. The summed E-state index contributed by atoms with van der Waals surface area (Å²) < 4.78 is 0. The highest BCUT2D eigenvalue weighted by atomic mass is 35.5. The van der Waals surface area contributed by atoms with Gasteiger partial charge in [0.1, 0.15) is 0 Å². The van der Waals surface area contributed by atoms with Crippen molar-refractivity contribution in [2.75, 3.05) is 10.6 Å². The summed E-state index contributed by atoms with van der Waals surface area (Å²) in [6.07, 6.45) is 0. The Kier molecular flexibility index (Phi) is 5.10. The van der Waals surface area contributed by atoms with E-state index in [1.807, 2.05) is 44.2 Å². The predicted molar refractivity (Wildman–Crippen MR) is 89.7 cm³/mol. The monoisotopic (exact) mass is 322 g/mol. The Balaban J connectivity index is 2.07. The second-order valence-corrected chi connectivity index (χ2v) is 5.81. The molecule has 110 valence electrons. The number of amides is 1. The summed E-state index contributed by atoms with van der Waals surface area (Å²) in [6, 6.07) is 12.7. The van der Waals surface area contributed by atoms with Gasteiger partial charge in [-0.1, -0.05) is 37.0 Å². The molecule has 0 aromatic heterocycles. The Bertz CT molecular complexity index is 639. The van der Waals surface area contributed by atoms with Gasteiger partial charge in [0.15, 0.2) is 0 Å². The number of hydrogen-bond donors (Lipinski definition) is 2. The molecule has 0 bridgehead atoms. The molecule has 0 saturated carbocycles. The van der Waals surface area contributed by atoms with Crippen LogP contribution in [0.5, 0.6) is 0 Å². The minimum Gasteiger partial charge on any atom is -0.354 e. The summed E-state index contributed by atoms with van der Waals surface area (Å²) in [5, 5.41) is 7.19. The van der Waals surface area contributed by atoms with E-state index in [4.69, 9.17) is 23.2 Å². The zero-order valence-electron chi connectivity index (χ0n) is 11.8. The van der Waals surface area contributed by atoms with Crippen molar-refractivity contribution in [3.8, 4) is 0 Å². The first-order valence-electron chi connectivity index (χ1n) is 6.58. The van der Waals surface area contributed by atoms with E-state index >= 15 is 0 Å². The first-order chi connectivity index (χ1) is 9.95. The molecule has 5 heteroatoms. The van der Waals surface area contributed by atoms with E-state index in [9.17, 15) is 4.79 Å². The number of anilines is 3. The molecule has 0 radical (unpaired) electrons. The number of carbonyl (C=O) groups is 1. The van der Waals surface area contributed by atoms with Gasteiger partial charge >= 0.3 is 0 Å².